The van der Waals surface area contributed by atoms with Crippen LogP contribution < -0.4 is 11.1 Å². The number of nitrogen functional groups attached to an aromatic ring is 1. The second-order valence-electron chi connectivity index (χ2n) is 4.86. The van der Waals surface area contributed by atoms with Gasteiger partial charge in [-0.2, -0.15) is 0 Å². The molecule has 0 unspecified atom stereocenters. The van der Waals surface area contributed by atoms with Crippen LogP contribution in [0.4, 0.5) is 14.5 Å². The summed E-state index contributed by atoms with van der Waals surface area (Å²) >= 11 is 0. The van der Waals surface area contributed by atoms with Crippen LogP contribution in [0.1, 0.15) is 36.0 Å². The van der Waals surface area contributed by atoms with E-state index in [0.717, 1.165) is 37.8 Å². The molecule has 0 saturated heterocycles. The lowest BCUT2D eigenvalue weighted by Crippen LogP contribution is -2.30. The summed E-state index contributed by atoms with van der Waals surface area (Å²) in [6.07, 6.45) is 4.64. The standard InChI is InChI=1S/C14H18F2N2O2/c15-10-5-6-11(17)13(16)12(10)14(19)18-7-8-20-9-3-1-2-4-9/h5-6,9H,1-4,7-8,17H2,(H,18,19). The van der Waals surface area contributed by atoms with Gasteiger partial charge >= 0.3 is 0 Å². The van der Waals surface area contributed by atoms with Gasteiger partial charge in [-0.1, -0.05) is 12.8 Å². The van der Waals surface area contributed by atoms with Crippen molar-refractivity contribution in [2.75, 3.05) is 18.9 Å². The highest BCUT2D eigenvalue weighted by Crippen LogP contribution is 2.20. The Hall–Kier alpha value is -1.69. The Kier molecular flexibility index (Phi) is 4.89. The summed E-state index contributed by atoms with van der Waals surface area (Å²) in [4.78, 5) is 11.7. The molecule has 0 aromatic heterocycles. The molecule has 20 heavy (non-hydrogen) atoms. The number of carbonyl (C=O) groups excluding carboxylic acids is 1. The first-order valence-electron chi connectivity index (χ1n) is 6.73. The molecule has 110 valence electrons. The van der Waals surface area contributed by atoms with Crippen molar-refractivity contribution in [2.45, 2.75) is 31.8 Å². The third-order valence-corrected chi connectivity index (χ3v) is 3.39. The summed E-state index contributed by atoms with van der Waals surface area (Å²) in [5.74, 6) is -2.77. The first-order valence-corrected chi connectivity index (χ1v) is 6.73. The van der Waals surface area contributed by atoms with E-state index >= 15 is 0 Å². The second-order valence-corrected chi connectivity index (χ2v) is 4.86. The number of ether oxygens (including phenoxy) is 1. The van der Waals surface area contributed by atoms with Crippen molar-refractivity contribution >= 4 is 11.6 Å². The summed E-state index contributed by atoms with van der Waals surface area (Å²) in [7, 11) is 0. The van der Waals surface area contributed by atoms with Crippen LogP contribution in [0.15, 0.2) is 12.1 Å². The molecular weight excluding hydrogens is 266 g/mol. The molecule has 2 rings (SSSR count). The Morgan fingerprint density at radius 1 is 1.35 bits per heavy atom. The zero-order valence-electron chi connectivity index (χ0n) is 11.1. The number of anilines is 1. The van der Waals surface area contributed by atoms with Crippen LogP contribution in [-0.2, 0) is 4.74 Å². The first-order chi connectivity index (χ1) is 9.59. The third kappa shape index (κ3) is 3.45. The lowest BCUT2D eigenvalue weighted by molar-refractivity contribution is 0.0580. The van der Waals surface area contributed by atoms with E-state index in [1.807, 2.05) is 0 Å². The average Bonchev–Trinajstić information content (AvgIpc) is 2.93. The molecule has 1 amide bonds. The van der Waals surface area contributed by atoms with E-state index in [0.29, 0.717) is 6.61 Å². The van der Waals surface area contributed by atoms with Crippen molar-refractivity contribution in [1.82, 2.24) is 5.32 Å². The number of rotatable bonds is 5. The molecule has 1 aromatic rings. The van der Waals surface area contributed by atoms with E-state index in [2.05, 4.69) is 5.32 Å². The van der Waals surface area contributed by atoms with Crippen LogP contribution >= 0.6 is 0 Å². The molecule has 0 radical (unpaired) electrons. The molecule has 0 aliphatic heterocycles. The lowest BCUT2D eigenvalue weighted by Gasteiger charge is -2.12. The molecule has 1 aliphatic carbocycles. The number of halogens is 2. The number of nitrogens with two attached hydrogens (primary N) is 1. The highest BCUT2D eigenvalue weighted by molar-refractivity contribution is 5.95. The molecule has 3 N–H and O–H groups in total. The lowest BCUT2D eigenvalue weighted by atomic mass is 10.1. The van der Waals surface area contributed by atoms with Gasteiger partial charge in [-0.25, -0.2) is 8.78 Å². The summed E-state index contributed by atoms with van der Waals surface area (Å²) in [5, 5.41) is 2.43. The molecule has 4 nitrogen and oxygen atoms in total. The number of hydrogen-bond donors (Lipinski definition) is 2. The van der Waals surface area contributed by atoms with Gasteiger partial charge in [0.25, 0.3) is 5.91 Å². The predicted molar refractivity (Wildman–Crippen MR) is 71.3 cm³/mol. The summed E-state index contributed by atoms with van der Waals surface area (Å²) in [5.41, 5.74) is 4.42. The van der Waals surface area contributed by atoms with Crippen molar-refractivity contribution in [1.29, 1.82) is 0 Å². The monoisotopic (exact) mass is 284 g/mol. The quantitative estimate of drug-likeness (QED) is 0.644. The number of hydrogen-bond acceptors (Lipinski definition) is 3. The Morgan fingerprint density at radius 2 is 2.05 bits per heavy atom. The molecule has 1 saturated carbocycles. The van der Waals surface area contributed by atoms with Crippen LogP contribution in [0.2, 0.25) is 0 Å². The van der Waals surface area contributed by atoms with Gasteiger partial charge in [0.15, 0.2) is 5.82 Å². The normalized spacial score (nSPS) is 15.5. The largest absolute Gasteiger partial charge is 0.396 e. The molecule has 1 fully saturated rings. The molecule has 0 atom stereocenters. The van der Waals surface area contributed by atoms with Gasteiger partial charge in [0.1, 0.15) is 11.4 Å². The highest BCUT2D eigenvalue weighted by Gasteiger charge is 2.19. The van der Waals surface area contributed by atoms with E-state index < -0.39 is 23.1 Å². The van der Waals surface area contributed by atoms with Gasteiger partial charge < -0.3 is 15.8 Å². The van der Waals surface area contributed by atoms with Gasteiger partial charge in [0.05, 0.1) is 18.4 Å². The first kappa shape index (κ1) is 14.7. The van der Waals surface area contributed by atoms with Crippen LogP contribution in [0.3, 0.4) is 0 Å². The Balaban J connectivity index is 1.84. The number of benzene rings is 1. The maximum atomic E-state index is 13.6. The van der Waals surface area contributed by atoms with Gasteiger partial charge in [0.2, 0.25) is 0 Å². The minimum Gasteiger partial charge on any atom is -0.396 e. The maximum Gasteiger partial charge on any atom is 0.257 e. The summed E-state index contributed by atoms with van der Waals surface area (Å²) in [6, 6.07) is 2.06. The van der Waals surface area contributed by atoms with Crippen LogP contribution in [0.25, 0.3) is 0 Å². The fourth-order valence-corrected chi connectivity index (χ4v) is 2.31. The van der Waals surface area contributed by atoms with Crippen LogP contribution in [0.5, 0.6) is 0 Å². The predicted octanol–water partition coefficient (Wildman–Crippen LogP) is 2.24. The number of amides is 1. The van der Waals surface area contributed by atoms with E-state index in [9.17, 15) is 13.6 Å². The van der Waals surface area contributed by atoms with E-state index in [1.54, 1.807) is 0 Å². The van der Waals surface area contributed by atoms with Gasteiger partial charge in [-0.3, -0.25) is 4.79 Å². The molecule has 6 heteroatoms. The Bertz CT molecular complexity index is 488. The molecular formula is C14H18F2N2O2. The van der Waals surface area contributed by atoms with Crippen molar-refractivity contribution in [3.05, 3.63) is 29.3 Å². The van der Waals surface area contributed by atoms with E-state index in [4.69, 9.17) is 10.5 Å². The fraction of sp³-hybridized carbons (Fsp3) is 0.500. The third-order valence-electron chi connectivity index (χ3n) is 3.39. The molecule has 0 spiro atoms. The van der Waals surface area contributed by atoms with Crippen molar-refractivity contribution in [3.63, 3.8) is 0 Å². The smallest absolute Gasteiger partial charge is 0.257 e. The zero-order valence-corrected chi connectivity index (χ0v) is 11.1. The minimum absolute atomic E-state index is 0.211. The number of nitrogens with one attached hydrogen (secondary N) is 1. The highest BCUT2D eigenvalue weighted by atomic mass is 19.1. The Labute approximate surface area is 116 Å². The molecule has 0 bridgehead atoms. The summed E-state index contributed by atoms with van der Waals surface area (Å²) in [6.45, 7) is 0.547. The molecule has 0 heterocycles. The van der Waals surface area contributed by atoms with Crippen molar-refractivity contribution in [2.24, 2.45) is 0 Å². The van der Waals surface area contributed by atoms with Crippen molar-refractivity contribution in [3.8, 4) is 0 Å². The fourth-order valence-electron chi connectivity index (χ4n) is 2.31. The maximum absolute atomic E-state index is 13.6. The van der Waals surface area contributed by atoms with Crippen LogP contribution in [0, 0.1) is 11.6 Å². The SMILES string of the molecule is Nc1ccc(F)c(C(=O)NCCOC2CCCC2)c1F. The van der Waals surface area contributed by atoms with Gasteiger partial charge in [-0.05, 0) is 25.0 Å². The van der Waals surface area contributed by atoms with Gasteiger partial charge in [0, 0.05) is 6.54 Å². The van der Waals surface area contributed by atoms with Gasteiger partial charge in [-0.15, -0.1) is 0 Å². The van der Waals surface area contributed by atoms with Crippen LogP contribution in [-0.4, -0.2) is 25.2 Å². The molecule has 1 aliphatic rings. The van der Waals surface area contributed by atoms with E-state index in [1.165, 1.54) is 0 Å². The average molecular weight is 284 g/mol. The Morgan fingerprint density at radius 3 is 2.75 bits per heavy atom. The zero-order chi connectivity index (χ0) is 14.5. The molecule has 1 aromatic carbocycles. The van der Waals surface area contributed by atoms with E-state index in [-0.39, 0.29) is 18.3 Å². The number of carbonyl (C=O) groups is 1. The topological polar surface area (TPSA) is 64.4 Å². The minimum atomic E-state index is -1.03. The second kappa shape index (κ2) is 6.65. The summed E-state index contributed by atoms with van der Waals surface area (Å²) < 4.78 is 32.6. The van der Waals surface area contributed by atoms with Crippen molar-refractivity contribution < 1.29 is 18.3 Å².